The normalized spacial score (nSPS) is 10.8. The van der Waals surface area contributed by atoms with Crippen molar-refractivity contribution in [3.63, 3.8) is 0 Å². The molecule has 1 heterocycles. The number of esters is 1. The summed E-state index contributed by atoms with van der Waals surface area (Å²) < 4.78 is 10.7. The van der Waals surface area contributed by atoms with Gasteiger partial charge in [0.1, 0.15) is 12.3 Å². The van der Waals surface area contributed by atoms with Crippen molar-refractivity contribution in [2.75, 3.05) is 0 Å². The fourth-order valence-corrected chi connectivity index (χ4v) is 2.88. The van der Waals surface area contributed by atoms with Crippen LogP contribution in [-0.2, 0) is 11.3 Å². The van der Waals surface area contributed by atoms with Gasteiger partial charge in [0.2, 0.25) is 0 Å². The highest BCUT2D eigenvalue weighted by molar-refractivity contribution is 6.30. The molecule has 0 bridgehead atoms. The summed E-state index contributed by atoms with van der Waals surface area (Å²) in [5, 5.41) is 6.47. The molecule has 128 valence electrons. The molecule has 0 saturated carbocycles. The molecule has 0 atom stereocenters. The molecule has 0 N–H and O–H groups in total. The van der Waals surface area contributed by atoms with Crippen LogP contribution in [0.1, 0.15) is 16.1 Å². The standard InChI is InChI=1S/C21H14ClNO3/c22-16-10-8-15(9-11-16)20-12-17(23-26-20)13-25-21(24)19-7-3-5-14-4-1-2-6-18(14)19/h1-12H,13H2. The van der Waals surface area contributed by atoms with Gasteiger partial charge in [0.15, 0.2) is 5.76 Å². The lowest BCUT2D eigenvalue weighted by molar-refractivity contribution is 0.0466. The van der Waals surface area contributed by atoms with Gasteiger partial charge in [-0.2, -0.15) is 0 Å². The van der Waals surface area contributed by atoms with Gasteiger partial charge < -0.3 is 9.26 Å². The Bertz CT molecular complexity index is 1060. The van der Waals surface area contributed by atoms with Gasteiger partial charge >= 0.3 is 5.97 Å². The molecule has 26 heavy (non-hydrogen) atoms. The number of rotatable bonds is 4. The van der Waals surface area contributed by atoms with Gasteiger partial charge in [0.05, 0.1) is 5.56 Å². The lowest BCUT2D eigenvalue weighted by Gasteiger charge is -2.06. The van der Waals surface area contributed by atoms with Gasteiger partial charge in [-0.15, -0.1) is 0 Å². The Morgan fingerprint density at radius 3 is 2.62 bits per heavy atom. The number of carbonyl (C=O) groups excluding carboxylic acids is 1. The SMILES string of the molecule is O=C(OCc1cc(-c2ccc(Cl)cc2)on1)c1cccc2ccccc12. The van der Waals surface area contributed by atoms with Crippen LogP contribution in [0.2, 0.25) is 5.02 Å². The molecular formula is C21H14ClNO3. The van der Waals surface area contributed by atoms with Crippen LogP contribution in [0.3, 0.4) is 0 Å². The minimum atomic E-state index is -0.391. The second kappa shape index (κ2) is 7.02. The van der Waals surface area contributed by atoms with E-state index in [0.717, 1.165) is 16.3 Å². The van der Waals surface area contributed by atoms with Crippen molar-refractivity contribution in [1.29, 1.82) is 0 Å². The summed E-state index contributed by atoms with van der Waals surface area (Å²) in [7, 11) is 0. The van der Waals surface area contributed by atoms with E-state index in [1.807, 2.05) is 48.5 Å². The molecule has 0 amide bonds. The number of fused-ring (bicyclic) bond motifs is 1. The van der Waals surface area contributed by atoms with E-state index in [4.69, 9.17) is 20.9 Å². The molecule has 0 aliphatic carbocycles. The van der Waals surface area contributed by atoms with Gasteiger partial charge in [0.25, 0.3) is 0 Å². The summed E-state index contributed by atoms with van der Waals surface area (Å²) in [4.78, 5) is 12.5. The largest absolute Gasteiger partial charge is 0.455 e. The van der Waals surface area contributed by atoms with Gasteiger partial charge in [-0.05, 0) is 41.1 Å². The van der Waals surface area contributed by atoms with E-state index in [2.05, 4.69) is 5.16 Å². The molecule has 0 aliphatic rings. The topological polar surface area (TPSA) is 52.3 Å². The van der Waals surface area contributed by atoms with Crippen LogP contribution < -0.4 is 0 Å². The zero-order valence-electron chi connectivity index (χ0n) is 13.7. The smallest absolute Gasteiger partial charge is 0.339 e. The Hall–Kier alpha value is -3.11. The molecule has 0 saturated heterocycles. The Balaban J connectivity index is 1.49. The third-order valence-electron chi connectivity index (χ3n) is 4.05. The summed E-state index contributed by atoms with van der Waals surface area (Å²) in [6.07, 6.45) is 0. The van der Waals surface area contributed by atoms with Crippen molar-refractivity contribution in [1.82, 2.24) is 5.16 Å². The predicted octanol–water partition coefficient (Wildman–Crippen LogP) is 5.51. The number of hydrogen-bond donors (Lipinski definition) is 0. The maximum atomic E-state index is 12.5. The number of aromatic nitrogens is 1. The van der Waals surface area contributed by atoms with E-state index >= 15 is 0 Å². The molecule has 0 fully saturated rings. The first-order chi connectivity index (χ1) is 12.7. The second-order valence-corrected chi connectivity index (χ2v) is 6.23. The summed E-state index contributed by atoms with van der Waals surface area (Å²) in [5.41, 5.74) is 1.93. The van der Waals surface area contributed by atoms with Crippen LogP contribution >= 0.6 is 11.6 Å². The van der Waals surface area contributed by atoms with Gasteiger partial charge in [-0.25, -0.2) is 4.79 Å². The summed E-state index contributed by atoms with van der Waals surface area (Å²) in [6, 6.07) is 22.2. The molecular weight excluding hydrogens is 350 g/mol. The maximum Gasteiger partial charge on any atom is 0.339 e. The van der Waals surface area contributed by atoms with Crippen molar-refractivity contribution >= 4 is 28.3 Å². The molecule has 5 heteroatoms. The minimum absolute atomic E-state index is 0.0408. The molecule has 1 aromatic heterocycles. The van der Waals surface area contributed by atoms with E-state index in [1.54, 1.807) is 24.3 Å². The molecule has 4 aromatic rings. The highest BCUT2D eigenvalue weighted by atomic mass is 35.5. The average Bonchev–Trinajstić information content (AvgIpc) is 3.15. The van der Waals surface area contributed by atoms with Crippen LogP contribution in [0.15, 0.2) is 77.3 Å². The van der Waals surface area contributed by atoms with E-state index in [-0.39, 0.29) is 6.61 Å². The summed E-state index contributed by atoms with van der Waals surface area (Å²) in [6.45, 7) is 0.0408. The molecule has 0 radical (unpaired) electrons. The second-order valence-electron chi connectivity index (χ2n) is 5.79. The van der Waals surface area contributed by atoms with E-state index < -0.39 is 5.97 Å². The van der Waals surface area contributed by atoms with Crippen molar-refractivity contribution in [3.05, 3.63) is 89.1 Å². The van der Waals surface area contributed by atoms with Crippen molar-refractivity contribution in [2.24, 2.45) is 0 Å². The number of nitrogens with zero attached hydrogens (tertiary/aromatic N) is 1. The highest BCUT2D eigenvalue weighted by Crippen LogP contribution is 2.23. The van der Waals surface area contributed by atoms with Crippen molar-refractivity contribution in [2.45, 2.75) is 6.61 Å². The number of ether oxygens (including phenoxy) is 1. The predicted molar refractivity (Wildman–Crippen MR) is 100 cm³/mol. The first kappa shape index (κ1) is 16.4. The summed E-state index contributed by atoms with van der Waals surface area (Å²) >= 11 is 5.88. The fraction of sp³-hybridized carbons (Fsp3) is 0.0476. The summed E-state index contributed by atoms with van der Waals surface area (Å²) in [5.74, 6) is 0.204. The Morgan fingerprint density at radius 1 is 1.00 bits per heavy atom. The molecule has 4 rings (SSSR count). The molecule has 3 aromatic carbocycles. The van der Waals surface area contributed by atoms with Crippen molar-refractivity contribution < 1.29 is 14.1 Å². The monoisotopic (exact) mass is 363 g/mol. The first-order valence-electron chi connectivity index (χ1n) is 8.07. The minimum Gasteiger partial charge on any atom is -0.455 e. The first-order valence-corrected chi connectivity index (χ1v) is 8.45. The lowest BCUT2D eigenvalue weighted by atomic mass is 10.1. The quantitative estimate of drug-likeness (QED) is 0.449. The number of hydrogen-bond acceptors (Lipinski definition) is 4. The molecule has 0 unspecified atom stereocenters. The lowest BCUT2D eigenvalue weighted by Crippen LogP contribution is -2.06. The fourth-order valence-electron chi connectivity index (χ4n) is 2.75. The van der Waals surface area contributed by atoms with E-state index in [0.29, 0.717) is 22.0 Å². The van der Waals surface area contributed by atoms with Crippen LogP contribution in [0.4, 0.5) is 0 Å². The van der Waals surface area contributed by atoms with E-state index in [9.17, 15) is 4.79 Å². The molecule has 0 spiro atoms. The van der Waals surface area contributed by atoms with Gasteiger partial charge in [0, 0.05) is 16.7 Å². The van der Waals surface area contributed by atoms with Crippen molar-refractivity contribution in [3.8, 4) is 11.3 Å². The number of benzene rings is 3. The maximum absolute atomic E-state index is 12.5. The Morgan fingerprint density at radius 2 is 1.77 bits per heavy atom. The number of carbonyl (C=O) groups is 1. The Kier molecular flexibility index (Phi) is 4.42. The van der Waals surface area contributed by atoms with Gasteiger partial charge in [-0.3, -0.25) is 0 Å². The molecule has 4 nitrogen and oxygen atoms in total. The third kappa shape index (κ3) is 3.32. The van der Waals surface area contributed by atoms with Crippen LogP contribution in [0, 0.1) is 0 Å². The third-order valence-corrected chi connectivity index (χ3v) is 4.30. The molecule has 0 aliphatic heterocycles. The van der Waals surface area contributed by atoms with E-state index in [1.165, 1.54) is 0 Å². The average molecular weight is 364 g/mol. The van der Waals surface area contributed by atoms with Crippen LogP contribution in [0.25, 0.3) is 22.1 Å². The van der Waals surface area contributed by atoms with Crippen LogP contribution in [0.5, 0.6) is 0 Å². The highest BCUT2D eigenvalue weighted by Gasteiger charge is 2.13. The number of halogens is 1. The Labute approximate surface area is 155 Å². The van der Waals surface area contributed by atoms with Crippen LogP contribution in [-0.4, -0.2) is 11.1 Å². The zero-order chi connectivity index (χ0) is 17.9. The zero-order valence-corrected chi connectivity index (χ0v) is 14.4. The van der Waals surface area contributed by atoms with Gasteiger partial charge in [-0.1, -0.05) is 53.2 Å².